The minimum absolute atomic E-state index is 0.299. The van der Waals surface area contributed by atoms with Gasteiger partial charge in [-0.2, -0.15) is 10.0 Å². The maximum Gasteiger partial charge on any atom is 0.124 e. The van der Waals surface area contributed by atoms with Crippen molar-refractivity contribution in [3.05, 3.63) is 29.6 Å². The largest absolute Gasteiger partial charge is 0.398 e. The van der Waals surface area contributed by atoms with E-state index in [9.17, 15) is 4.39 Å². The van der Waals surface area contributed by atoms with Crippen molar-refractivity contribution in [2.75, 3.05) is 24.5 Å². The van der Waals surface area contributed by atoms with Crippen LogP contribution in [0.2, 0.25) is 0 Å². The Morgan fingerprint density at radius 3 is 2.50 bits per heavy atom. The third kappa shape index (κ3) is 3.31. The summed E-state index contributed by atoms with van der Waals surface area (Å²) in [6.45, 7) is 0. The van der Waals surface area contributed by atoms with Crippen molar-refractivity contribution >= 4 is 15.7 Å². The molecule has 1 aromatic carbocycles. The van der Waals surface area contributed by atoms with E-state index in [4.69, 9.17) is 5.73 Å². The van der Waals surface area contributed by atoms with Gasteiger partial charge in [-0.05, 0) is 42.2 Å². The molecule has 3 heteroatoms. The molecule has 0 saturated heterocycles. The van der Waals surface area contributed by atoms with E-state index in [-0.39, 0.29) is 5.82 Å². The van der Waals surface area contributed by atoms with Gasteiger partial charge < -0.3 is 5.73 Å². The molecule has 1 rings (SSSR count). The van der Waals surface area contributed by atoms with Gasteiger partial charge in [0.2, 0.25) is 0 Å². The zero-order valence-corrected chi connectivity index (χ0v) is 9.41. The van der Waals surface area contributed by atoms with E-state index in [1.165, 1.54) is 18.2 Å². The molecule has 0 heterocycles. The predicted molar refractivity (Wildman–Crippen MR) is 63.1 cm³/mol. The number of nitrogens with two attached hydrogens (primary N) is 1. The summed E-state index contributed by atoms with van der Waals surface area (Å²) in [5.74, 6) is 2.62. The summed E-state index contributed by atoms with van der Waals surface area (Å²) in [7, 11) is -0.891. The first kappa shape index (κ1) is 10.9. The zero-order valence-electron chi connectivity index (χ0n) is 8.60. The van der Waals surface area contributed by atoms with Crippen LogP contribution in [0.1, 0.15) is 5.56 Å². The molecule has 76 valence electrons. The smallest absolute Gasteiger partial charge is 0.124 e. The van der Waals surface area contributed by atoms with Crippen LogP contribution in [0.4, 0.5) is 10.1 Å². The minimum atomic E-state index is -0.891. The van der Waals surface area contributed by atoms with Crippen molar-refractivity contribution in [3.63, 3.8) is 0 Å². The average molecular weight is 211 g/mol. The standard InChI is InChI=1S/C11H14FNS/c1-14(2,3)7-6-9-8-10(12)4-5-11(9)13/h4-5,8H,13H2,1-3H3. The van der Waals surface area contributed by atoms with Crippen LogP contribution in [0.25, 0.3) is 0 Å². The molecule has 0 fully saturated rings. The Kier molecular flexibility index (Phi) is 3.07. The van der Waals surface area contributed by atoms with Crippen LogP contribution in [-0.2, 0) is 0 Å². The number of nitrogen functional groups attached to an aromatic ring is 1. The monoisotopic (exact) mass is 211 g/mol. The maximum atomic E-state index is 12.9. The van der Waals surface area contributed by atoms with E-state index >= 15 is 0 Å². The summed E-state index contributed by atoms with van der Waals surface area (Å²) in [5.41, 5.74) is 6.77. The molecule has 0 bridgehead atoms. The molecule has 0 aliphatic rings. The van der Waals surface area contributed by atoms with Crippen LogP contribution in [0.3, 0.4) is 0 Å². The summed E-state index contributed by atoms with van der Waals surface area (Å²) in [5, 5.41) is 3.09. The van der Waals surface area contributed by atoms with E-state index in [1.54, 1.807) is 0 Å². The van der Waals surface area contributed by atoms with Gasteiger partial charge in [-0.1, -0.05) is 5.92 Å². The van der Waals surface area contributed by atoms with Crippen LogP contribution in [-0.4, -0.2) is 18.8 Å². The normalized spacial score (nSPS) is 11.7. The molecular weight excluding hydrogens is 197 g/mol. The first-order valence-electron chi connectivity index (χ1n) is 4.14. The highest BCUT2D eigenvalue weighted by molar-refractivity contribution is 8.35. The number of anilines is 1. The van der Waals surface area contributed by atoms with E-state index < -0.39 is 10.0 Å². The summed E-state index contributed by atoms with van der Waals surface area (Å²) >= 11 is 0. The van der Waals surface area contributed by atoms with Crippen molar-refractivity contribution in [2.24, 2.45) is 0 Å². The van der Waals surface area contributed by atoms with Crippen molar-refractivity contribution in [1.82, 2.24) is 0 Å². The third-order valence-electron chi connectivity index (χ3n) is 1.51. The van der Waals surface area contributed by atoms with Gasteiger partial charge in [0.15, 0.2) is 0 Å². The molecule has 0 aliphatic heterocycles. The molecule has 0 amide bonds. The van der Waals surface area contributed by atoms with Gasteiger partial charge in [0.05, 0.1) is 5.56 Å². The SMILES string of the molecule is CS(C)(C)C#Cc1cc(F)ccc1N. The van der Waals surface area contributed by atoms with Crippen molar-refractivity contribution in [1.29, 1.82) is 0 Å². The van der Waals surface area contributed by atoms with E-state index in [0.29, 0.717) is 11.3 Å². The average Bonchev–Trinajstić information content (AvgIpc) is 2.05. The van der Waals surface area contributed by atoms with Gasteiger partial charge in [-0.15, -0.1) is 0 Å². The van der Waals surface area contributed by atoms with Crippen molar-refractivity contribution < 1.29 is 4.39 Å². The highest BCUT2D eigenvalue weighted by atomic mass is 32.3. The highest BCUT2D eigenvalue weighted by Gasteiger charge is 1.99. The summed E-state index contributed by atoms with van der Waals surface area (Å²) in [6, 6.07) is 4.25. The lowest BCUT2D eigenvalue weighted by atomic mass is 10.2. The van der Waals surface area contributed by atoms with Crippen LogP contribution in [0, 0.1) is 17.0 Å². The fourth-order valence-electron chi connectivity index (χ4n) is 0.845. The van der Waals surface area contributed by atoms with E-state index in [2.05, 4.69) is 29.9 Å². The molecule has 0 aromatic heterocycles. The molecule has 0 aliphatic carbocycles. The number of hydrogen-bond donors (Lipinski definition) is 1. The number of halogens is 1. The molecule has 14 heavy (non-hydrogen) atoms. The Labute approximate surface area is 85.8 Å². The Morgan fingerprint density at radius 2 is 1.93 bits per heavy atom. The lowest BCUT2D eigenvalue weighted by Gasteiger charge is -2.14. The van der Waals surface area contributed by atoms with Crippen molar-refractivity contribution in [3.8, 4) is 11.2 Å². The molecule has 0 atom stereocenters. The number of benzene rings is 1. The van der Waals surface area contributed by atoms with Gasteiger partial charge in [0.1, 0.15) is 5.82 Å². The molecule has 1 nitrogen and oxygen atoms in total. The van der Waals surface area contributed by atoms with Crippen LogP contribution < -0.4 is 5.73 Å². The van der Waals surface area contributed by atoms with Gasteiger partial charge >= 0.3 is 0 Å². The molecule has 0 spiro atoms. The summed E-state index contributed by atoms with van der Waals surface area (Å²) in [6.07, 6.45) is 6.24. The van der Waals surface area contributed by atoms with Gasteiger partial charge in [0.25, 0.3) is 0 Å². The minimum Gasteiger partial charge on any atom is -0.398 e. The quantitative estimate of drug-likeness (QED) is 0.517. The Morgan fingerprint density at radius 1 is 1.29 bits per heavy atom. The zero-order chi connectivity index (χ0) is 10.8. The van der Waals surface area contributed by atoms with Crippen molar-refractivity contribution in [2.45, 2.75) is 0 Å². The van der Waals surface area contributed by atoms with E-state index in [0.717, 1.165) is 0 Å². The van der Waals surface area contributed by atoms with Gasteiger partial charge in [-0.25, -0.2) is 4.39 Å². The predicted octanol–water partition coefficient (Wildman–Crippen LogP) is 2.41. The fourth-order valence-corrected chi connectivity index (χ4v) is 1.26. The third-order valence-corrected chi connectivity index (χ3v) is 2.22. The lowest BCUT2D eigenvalue weighted by Crippen LogP contribution is -1.92. The first-order valence-corrected chi connectivity index (χ1v) is 7.00. The van der Waals surface area contributed by atoms with Gasteiger partial charge in [0, 0.05) is 5.69 Å². The van der Waals surface area contributed by atoms with Crippen LogP contribution >= 0.6 is 10.0 Å². The first-order chi connectivity index (χ1) is 6.38. The highest BCUT2D eigenvalue weighted by Crippen LogP contribution is 2.32. The van der Waals surface area contributed by atoms with E-state index in [1.807, 2.05) is 0 Å². The number of hydrogen-bond acceptors (Lipinski definition) is 1. The second-order valence-electron chi connectivity index (χ2n) is 3.80. The molecule has 0 saturated carbocycles. The lowest BCUT2D eigenvalue weighted by molar-refractivity contribution is 0.627. The Bertz CT molecular complexity index is 396. The van der Waals surface area contributed by atoms with Crippen LogP contribution in [0.5, 0.6) is 0 Å². The number of rotatable bonds is 0. The van der Waals surface area contributed by atoms with Crippen LogP contribution in [0.15, 0.2) is 18.2 Å². The Hall–Kier alpha value is -1.14. The second kappa shape index (κ2) is 3.93. The molecular formula is C11H14FNS. The fraction of sp³-hybridized carbons (Fsp3) is 0.273. The maximum absolute atomic E-state index is 12.9. The second-order valence-corrected chi connectivity index (χ2v) is 7.67. The Balaban J connectivity index is 3.06. The molecule has 0 radical (unpaired) electrons. The molecule has 0 unspecified atom stereocenters. The topological polar surface area (TPSA) is 26.0 Å². The molecule has 1 aromatic rings. The van der Waals surface area contributed by atoms with Gasteiger partial charge in [-0.3, -0.25) is 0 Å². The summed E-state index contributed by atoms with van der Waals surface area (Å²) < 4.78 is 12.9. The molecule has 2 N–H and O–H groups in total. The summed E-state index contributed by atoms with van der Waals surface area (Å²) in [4.78, 5) is 0.